The van der Waals surface area contributed by atoms with Gasteiger partial charge < -0.3 is 4.90 Å². The predicted octanol–water partition coefficient (Wildman–Crippen LogP) is 3.98. The summed E-state index contributed by atoms with van der Waals surface area (Å²) < 4.78 is 13.2. The van der Waals surface area contributed by atoms with Gasteiger partial charge >= 0.3 is 0 Å². The molecule has 1 aromatic heterocycles. The van der Waals surface area contributed by atoms with Crippen molar-refractivity contribution in [2.75, 3.05) is 0 Å². The van der Waals surface area contributed by atoms with Gasteiger partial charge in [-0.15, -0.1) is 0 Å². The summed E-state index contributed by atoms with van der Waals surface area (Å²) in [7, 11) is 0. The van der Waals surface area contributed by atoms with Crippen molar-refractivity contribution in [1.82, 2.24) is 15.1 Å². The van der Waals surface area contributed by atoms with Crippen LogP contribution in [0.1, 0.15) is 71.8 Å². The average Bonchev–Trinajstić information content (AvgIpc) is 3.20. The summed E-state index contributed by atoms with van der Waals surface area (Å²) in [6.07, 6.45) is 8.38. The van der Waals surface area contributed by atoms with Gasteiger partial charge in [-0.3, -0.25) is 9.89 Å². The first-order valence-electron chi connectivity index (χ1n) is 9.85. The van der Waals surface area contributed by atoms with Crippen LogP contribution in [0.4, 0.5) is 4.39 Å². The molecular weight excluding hydrogens is 329 g/mol. The number of amides is 1. The van der Waals surface area contributed by atoms with E-state index < -0.39 is 0 Å². The molecule has 2 aromatic rings. The molecule has 3 heterocycles. The second kappa shape index (κ2) is 6.22. The first-order chi connectivity index (χ1) is 12.7. The van der Waals surface area contributed by atoms with Crippen LogP contribution in [-0.4, -0.2) is 33.1 Å². The van der Waals surface area contributed by atoms with Crippen molar-refractivity contribution in [3.05, 3.63) is 52.6 Å². The molecule has 1 aliphatic carbocycles. The highest BCUT2D eigenvalue weighted by Crippen LogP contribution is 2.44. The van der Waals surface area contributed by atoms with E-state index in [1.54, 1.807) is 12.1 Å². The second-order valence-corrected chi connectivity index (χ2v) is 8.05. The van der Waals surface area contributed by atoms with E-state index in [2.05, 4.69) is 15.1 Å². The number of piperidine rings is 1. The Morgan fingerprint density at radius 2 is 1.77 bits per heavy atom. The highest BCUT2D eigenvalue weighted by molar-refractivity contribution is 5.94. The number of hydrogen-bond donors (Lipinski definition) is 1. The molecule has 136 valence electrons. The molecule has 1 amide bonds. The summed E-state index contributed by atoms with van der Waals surface area (Å²) in [4.78, 5) is 15.4. The van der Waals surface area contributed by atoms with Crippen molar-refractivity contribution >= 4 is 5.91 Å². The number of benzene rings is 1. The largest absolute Gasteiger partial charge is 0.331 e. The fourth-order valence-electron chi connectivity index (χ4n) is 5.30. The molecule has 2 fully saturated rings. The smallest absolute Gasteiger partial charge is 0.275 e. The van der Waals surface area contributed by atoms with Gasteiger partial charge in [0, 0.05) is 23.3 Å². The molecule has 5 heteroatoms. The summed E-state index contributed by atoms with van der Waals surface area (Å²) in [5, 5.41) is 7.50. The lowest BCUT2D eigenvalue weighted by Gasteiger charge is -2.39. The van der Waals surface area contributed by atoms with E-state index in [9.17, 15) is 9.18 Å². The number of hydrogen-bond acceptors (Lipinski definition) is 2. The fourth-order valence-corrected chi connectivity index (χ4v) is 5.30. The molecule has 3 atom stereocenters. The number of aromatic amines is 1. The number of nitrogens with one attached hydrogen (secondary N) is 1. The maximum atomic E-state index is 13.3. The number of nitrogens with zero attached hydrogens (tertiary/aromatic N) is 2. The summed E-state index contributed by atoms with van der Waals surface area (Å²) in [5.41, 5.74) is 4.18. The number of carbonyl (C=O) groups is 1. The van der Waals surface area contributed by atoms with Crippen molar-refractivity contribution in [2.24, 2.45) is 0 Å². The number of rotatable bonds is 2. The molecule has 3 aliphatic rings. The Labute approximate surface area is 152 Å². The van der Waals surface area contributed by atoms with Crippen LogP contribution in [0.25, 0.3) is 0 Å². The number of carbonyl (C=O) groups excluding carboxylic acids is 1. The molecule has 2 bridgehead atoms. The number of aryl methyl sites for hydroxylation is 1. The average molecular weight is 353 g/mol. The van der Waals surface area contributed by atoms with Crippen LogP contribution >= 0.6 is 0 Å². The Hall–Kier alpha value is -2.17. The minimum atomic E-state index is -0.187. The zero-order valence-electron chi connectivity index (χ0n) is 14.9. The second-order valence-electron chi connectivity index (χ2n) is 8.05. The lowest BCUT2D eigenvalue weighted by Crippen LogP contribution is -2.46. The summed E-state index contributed by atoms with van der Waals surface area (Å²) in [6.45, 7) is 0. The van der Waals surface area contributed by atoms with Crippen molar-refractivity contribution in [3.8, 4) is 0 Å². The Balaban J connectivity index is 1.38. The minimum Gasteiger partial charge on any atom is -0.331 e. The van der Waals surface area contributed by atoms with Crippen molar-refractivity contribution < 1.29 is 9.18 Å². The molecule has 1 N–H and O–H groups in total. The molecule has 1 aromatic carbocycles. The van der Waals surface area contributed by atoms with Gasteiger partial charge in [-0.05, 0) is 75.0 Å². The van der Waals surface area contributed by atoms with Gasteiger partial charge in [0.2, 0.25) is 0 Å². The Kier molecular flexibility index (Phi) is 3.84. The van der Waals surface area contributed by atoms with Crippen LogP contribution in [0.2, 0.25) is 0 Å². The molecule has 4 nitrogen and oxygen atoms in total. The molecule has 2 saturated heterocycles. The maximum Gasteiger partial charge on any atom is 0.275 e. The topological polar surface area (TPSA) is 49.0 Å². The zero-order chi connectivity index (χ0) is 17.7. The third-order valence-electron chi connectivity index (χ3n) is 6.57. The highest BCUT2D eigenvalue weighted by atomic mass is 19.1. The standard InChI is InChI=1S/C21H24FN3O/c22-15-7-5-13(6-8-15)14-11-16-9-10-17(12-14)25(16)21(26)20-18-3-1-2-4-19(18)23-24-20/h5-8,14,16-17H,1-4,9-12H2,(H,23,24)/t14?,16-,17+. The Morgan fingerprint density at radius 1 is 1.08 bits per heavy atom. The van der Waals surface area contributed by atoms with E-state index in [-0.39, 0.29) is 23.8 Å². The number of fused-ring (bicyclic) bond motifs is 3. The van der Waals surface area contributed by atoms with Gasteiger partial charge in [0.1, 0.15) is 5.82 Å². The third kappa shape index (κ3) is 2.56. The number of H-pyrrole nitrogens is 1. The van der Waals surface area contributed by atoms with Crippen LogP contribution in [0.3, 0.4) is 0 Å². The first kappa shape index (κ1) is 16.0. The van der Waals surface area contributed by atoms with Crippen LogP contribution in [-0.2, 0) is 12.8 Å². The molecule has 0 saturated carbocycles. The first-order valence-corrected chi connectivity index (χ1v) is 9.85. The van der Waals surface area contributed by atoms with Gasteiger partial charge in [-0.1, -0.05) is 12.1 Å². The van der Waals surface area contributed by atoms with Crippen LogP contribution < -0.4 is 0 Å². The molecule has 0 radical (unpaired) electrons. The fraction of sp³-hybridized carbons (Fsp3) is 0.524. The van der Waals surface area contributed by atoms with Crippen LogP contribution in [0, 0.1) is 5.82 Å². The quantitative estimate of drug-likeness (QED) is 0.888. The van der Waals surface area contributed by atoms with Crippen LogP contribution in [0.15, 0.2) is 24.3 Å². The van der Waals surface area contributed by atoms with Gasteiger partial charge in [0.25, 0.3) is 5.91 Å². The number of halogens is 1. The normalized spacial score (nSPS) is 27.4. The van der Waals surface area contributed by atoms with Gasteiger partial charge in [-0.25, -0.2) is 4.39 Å². The van der Waals surface area contributed by atoms with Crippen LogP contribution in [0.5, 0.6) is 0 Å². The monoisotopic (exact) mass is 353 g/mol. The zero-order valence-corrected chi connectivity index (χ0v) is 14.9. The molecule has 26 heavy (non-hydrogen) atoms. The minimum absolute atomic E-state index is 0.120. The lowest BCUT2D eigenvalue weighted by molar-refractivity contribution is 0.0564. The lowest BCUT2D eigenvalue weighted by atomic mass is 9.84. The van der Waals surface area contributed by atoms with E-state index in [0.29, 0.717) is 11.6 Å². The Morgan fingerprint density at radius 3 is 2.50 bits per heavy atom. The van der Waals surface area contributed by atoms with Gasteiger partial charge in [0.05, 0.1) is 0 Å². The van der Waals surface area contributed by atoms with E-state index in [4.69, 9.17) is 0 Å². The predicted molar refractivity (Wildman–Crippen MR) is 96.6 cm³/mol. The van der Waals surface area contributed by atoms with E-state index in [0.717, 1.165) is 56.2 Å². The van der Waals surface area contributed by atoms with Crippen molar-refractivity contribution in [3.63, 3.8) is 0 Å². The van der Waals surface area contributed by atoms with Crippen molar-refractivity contribution in [1.29, 1.82) is 0 Å². The summed E-state index contributed by atoms with van der Waals surface area (Å²) in [5.74, 6) is 0.354. The SMILES string of the molecule is O=C(c1n[nH]c2c1CCCC2)N1[C@@H]2CC[C@H]1CC(c1ccc(F)cc1)C2. The summed E-state index contributed by atoms with van der Waals surface area (Å²) in [6, 6.07) is 7.47. The van der Waals surface area contributed by atoms with Gasteiger partial charge in [-0.2, -0.15) is 5.10 Å². The van der Waals surface area contributed by atoms with E-state index in [1.165, 1.54) is 12.0 Å². The molecule has 1 unspecified atom stereocenters. The van der Waals surface area contributed by atoms with Gasteiger partial charge in [0.15, 0.2) is 5.69 Å². The highest BCUT2D eigenvalue weighted by Gasteiger charge is 2.44. The molecule has 2 aliphatic heterocycles. The van der Waals surface area contributed by atoms with E-state index >= 15 is 0 Å². The van der Waals surface area contributed by atoms with E-state index in [1.807, 2.05) is 12.1 Å². The van der Waals surface area contributed by atoms with Crippen molar-refractivity contribution in [2.45, 2.75) is 69.4 Å². The molecule has 5 rings (SSSR count). The molecule has 0 spiro atoms. The Bertz CT molecular complexity index is 814. The summed E-state index contributed by atoms with van der Waals surface area (Å²) >= 11 is 0. The maximum absolute atomic E-state index is 13.3. The molecular formula is C21H24FN3O. The number of aromatic nitrogens is 2. The third-order valence-corrected chi connectivity index (χ3v) is 6.57.